The van der Waals surface area contributed by atoms with E-state index in [1.807, 2.05) is 30.3 Å². The van der Waals surface area contributed by atoms with Crippen LogP contribution in [-0.2, 0) is 0 Å². The summed E-state index contributed by atoms with van der Waals surface area (Å²) in [5.41, 5.74) is 6.91. The van der Waals surface area contributed by atoms with Gasteiger partial charge in [-0.25, -0.2) is 15.0 Å². The molecule has 0 aliphatic heterocycles. The first kappa shape index (κ1) is 27.5. The summed E-state index contributed by atoms with van der Waals surface area (Å²) < 4.78 is 6.31. The summed E-state index contributed by atoms with van der Waals surface area (Å²) in [6.45, 7) is 0. The SMILES string of the molecule is c1ccc(-c2nc(-c3cccc4c(-c5cccc6ccccc56)cccc34)nc(-c3cccc4ccc5oc6ccccc6c5c34)n2)cc1. The lowest BCUT2D eigenvalue weighted by Crippen LogP contribution is -2.01. The molecule has 0 saturated heterocycles. The Labute approximate surface area is 282 Å². The maximum absolute atomic E-state index is 6.31. The Balaban J connectivity index is 1.25. The molecule has 228 valence electrons. The van der Waals surface area contributed by atoms with Gasteiger partial charge in [-0.05, 0) is 50.2 Å². The number of furan rings is 1. The van der Waals surface area contributed by atoms with E-state index in [4.69, 9.17) is 19.4 Å². The highest BCUT2D eigenvalue weighted by atomic mass is 16.3. The zero-order valence-corrected chi connectivity index (χ0v) is 26.3. The topological polar surface area (TPSA) is 51.8 Å². The van der Waals surface area contributed by atoms with E-state index in [9.17, 15) is 0 Å². The third kappa shape index (κ3) is 4.42. The fourth-order valence-corrected chi connectivity index (χ4v) is 7.31. The molecule has 0 amide bonds. The van der Waals surface area contributed by atoms with Crippen LogP contribution in [0.3, 0.4) is 0 Å². The van der Waals surface area contributed by atoms with E-state index in [0.29, 0.717) is 17.5 Å². The first-order valence-electron chi connectivity index (χ1n) is 16.5. The molecule has 0 saturated carbocycles. The number of fused-ring (bicyclic) bond motifs is 7. The molecule has 0 aliphatic carbocycles. The van der Waals surface area contributed by atoms with Gasteiger partial charge in [-0.3, -0.25) is 0 Å². The van der Waals surface area contributed by atoms with Gasteiger partial charge in [0.1, 0.15) is 11.2 Å². The average Bonchev–Trinajstić information content (AvgIpc) is 3.56. The largest absolute Gasteiger partial charge is 0.456 e. The van der Waals surface area contributed by atoms with Crippen molar-refractivity contribution in [2.24, 2.45) is 0 Å². The zero-order valence-electron chi connectivity index (χ0n) is 26.3. The standard InChI is InChI=1S/C45H27N3O/c1-2-13-30(14-3-1)43-46-44(36-23-11-21-34-33(20-10-22-35(34)36)32-19-8-15-28-12-4-5-17-31(28)32)48-45(47-43)38-24-9-16-29-26-27-40-42(41(29)38)37-18-6-7-25-39(37)49-40/h1-27H. The molecule has 0 aliphatic rings. The van der Waals surface area contributed by atoms with E-state index in [1.165, 1.54) is 21.9 Å². The second-order valence-corrected chi connectivity index (χ2v) is 12.3. The monoisotopic (exact) mass is 625 g/mol. The van der Waals surface area contributed by atoms with Crippen LogP contribution in [0.25, 0.3) is 99.5 Å². The number of benzene rings is 8. The number of hydrogen-bond donors (Lipinski definition) is 0. The van der Waals surface area contributed by atoms with E-state index >= 15 is 0 Å². The molecule has 2 aromatic heterocycles. The minimum atomic E-state index is 0.620. The molecule has 4 heteroatoms. The molecule has 10 aromatic rings. The Hall–Kier alpha value is -6.65. The highest BCUT2D eigenvalue weighted by Crippen LogP contribution is 2.41. The number of para-hydroxylation sites is 1. The Morgan fingerprint density at radius 1 is 0.306 bits per heavy atom. The molecule has 0 unspecified atom stereocenters. The van der Waals surface area contributed by atoms with E-state index in [1.54, 1.807) is 0 Å². The summed E-state index contributed by atoms with van der Waals surface area (Å²) in [6, 6.07) is 56.8. The molecule has 0 fully saturated rings. The molecular weight excluding hydrogens is 599 g/mol. The van der Waals surface area contributed by atoms with Crippen LogP contribution in [0.5, 0.6) is 0 Å². The number of aromatic nitrogens is 3. The van der Waals surface area contributed by atoms with E-state index in [2.05, 4.69) is 133 Å². The Kier molecular flexibility index (Phi) is 6.15. The van der Waals surface area contributed by atoms with Gasteiger partial charge in [0.05, 0.1) is 0 Å². The fourth-order valence-electron chi connectivity index (χ4n) is 7.31. The maximum atomic E-state index is 6.31. The van der Waals surface area contributed by atoms with Gasteiger partial charge in [-0.15, -0.1) is 0 Å². The second kappa shape index (κ2) is 11.0. The number of hydrogen-bond acceptors (Lipinski definition) is 4. The second-order valence-electron chi connectivity index (χ2n) is 12.3. The fraction of sp³-hybridized carbons (Fsp3) is 0. The molecule has 4 nitrogen and oxygen atoms in total. The van der Waals surface area contributed by atoms with Crippen molar-refractivity contribution in [2.75, 3.05) is 0 Å². The highest BCUT2D eigenvalue weighted by molar-refractivity contribution is 6.22. The first-order chi connectivity index (χ1) is 24.3. The van der Waals surface area contributed by atoms with Crippen molar-refractivity contribution < 1.29 is 4.42 Å². The summed E-state index contributed by atoms with van der Waals surface area (Å²) >= 11 is 0. The van der Waals surface area contributed by atoms with Crippen molar-refractivity contribution in [3.8, 4) is 45.3 Å². The molecular formula is C45H27N3O. The minimum absolute atomic E-state index is 0.620. The Bertz CT molecular complexity index is 2890. The van der Waals surface area contributed by atoms with E-state index < -0.39 is 0 Å². The van der Waals surface area contributed by atoms with Gasteiger partial charge in [0.2, 0.25) is 0 Å². The van der Waals surface area contributed by atoms with Gasteiger partial charge in [-0.2, -0.15) is 0 Å². The molecule has 0 radical (unpaired) electrons. The predicted octanol–water partition coefficient (Wildman–Crippen LogP) is 11.9. The minimum Gasteiger partial charge on any atom is -0.456 e. The van der Waals surface area contributed by atoms with Gasteiger partial charge >= 0.3 is 0 Å². The van der Waals surface area contributed by atoms with E-state index in [0.717, 1.165) is 60.2 Å². The predicted molar refractivity (Wildman–Crippen MR) is 201 cm³/mol. The Morgan fingerprint density at radius 3 is 1.69 bits per heavy atom. The third-order valence-electron chi connectivity index (χ3n) is 9.53. The molecule has 0 spiro atoms. The summed E-state index contributed by atoms with van der Waals surface area (Å²) in [5.74, 6) is 1.88. The molecule has 2 heterocycles. The highest BCUT2D eigenvalue weighted by Gasteiger charge is 2.19. The van der Waals surface area contributed by atoms with Gasteiger partial charge in [0.25, 0.3) is 0 Å². The lowest BCUT2D eigenvalue weighted by atomic mass is 9.92. The lowest BCUT2D eigenvalue weighted by molar-refractivity contribution is 0.669. The molecule has 8 aromatic carbocycles. The first-order valence-corrected chi connectivity index (χ1v) is 16.5. The van der Waals surface area contributed by atoms with Crippen LogP contribution in [0.15, 0.2) is 168 Å². The summed E-state index contributed by atoms with van der Waals surface area (Å²) in [7, 11) is 0. The molecule has 0 atom stereocenters. The van der Waals surface area contributed by atoms with Crippen molar-refractivity contribution in [3.63, 3.8) is 0 Å². The van der Waals surface area contributed by atoms with Crippen molar-refractivity contribution >= 4 is 54.3 Å². The quantitative estimate of drug-likeness (QED) is 0.195. The third-order valence-corrected chi connectivity index (χ3v) is 9.53. The van der Waals surface area contributed by atoms with Crippen LogP contribution < -0.4 is 0 Å². The molecule has 0 N–H and O–H groups in total. The smallest absolute Gasteiger partial charge is 0.164 e. The van der Waals surface area contributed by atoms with Gasteiger partial charge in [0.15, 0.2) is 17.5 Å². The lowest BCUT2D eigenvalue weighted by Gasteiger charge is -2.14. The van der Waals surface area contributed by atoms with Crippen molar-refractivity contribution in [2.45, 2.75) is 0 Å². The average molecular weight is 626 g/mol. The summed E-state index contributed by atoms with van der Waals surface area (Å²) in [6.07, 6.45) is 0. The van der Waals surface area contributed by atoms with Gasteiger partial charge in [0, 0.05) is 32.8 Å². The van der Waals surface area contributed by atoms with Crippen LogP contribution in [0, 0.1) is 0 Å². The summed E-state index contributed by atoms with van der Waals surface area (Å²) in [4.78, 5) is 15.6. The van der Waals surface area contributed by atoms with Crippen LogP contribution in [0.1, 0.15) is 0 Å². The van der Waals surface area contributed by atoms with Crippen molar-refractivity contribution in [3.05, 3.63) is 164 Å². The van der Waals surface area contributed by atoms with Gasteiger partial charge in [-0.1, -0.05) is 152 Å². The van der Waals surface area contributed by atoms with Crippen LogP contribution in [-0.4, -0.2) is 15.0 Å². The maximum Gasteiger partial charge on any atom is 0.164 e. The molecule has 10 rings (SSSR count). The zero-order chi connectivity index (χ0) is 32.3. The summed E-state index contributed by atoms with van der Waals surface area (Å²) in [5, 5.41) is 8.99. The number of rotatable bonds is 4. The van der Waals surface area contributed by atoms with E-state index in [-0.39, 0.29) is 0 Å². The normalized spacial score (nSPS) is 11.7. The number of nitrogens with zero attached hydrogens (tertiary/aromatic N) is 3. The van der Waals surface area contributed by atoms with Crippen molar-refractivity contribution in [1.29, 1.82) is 0 Å². The Morgan fingerprint density at radius 2 is 0.857 bits per heavy atom. The van der Waals surface area contributed by atoms with Crippen molar-refractivity contribution in [1.82, 2.24) is 15.0 Å². The van der Waals surface area contributed by atoms with Crippen LogP contribution >= 0.6 is 0 Å². The van der Waals surface area contributed by atoms with Crippen LogP contribution in [0.4, 0.5) is 0 Å². The van der Waals surface area contributed by atoms with Crippen LogP contribution in [0.2, 0.25) is 0 Å². The molecule has 0 bridgehead atoms. The van der Waals surface area contributed by atoms with Gasteiger partial charge < -0.3 is 4.42 Å². The molecule has 49 heavy (non-hydrogen) atoms.